The number of morpholine rings is 1. The molecule has 24 heavy (non-hydrogen) atoms. The zero-order valence-electron chi connectivity index (χ0n) is 14.6. The maximum atomic E-state index is 12.6. The average Bonchev–Trinajstić information content (AvgIpc) is 3.01. The summed E-state index contributed by atoms with van der Waals surface area (Å²) < 4.78 is 5.45. The van der Waals surface area contributed by atoms with Crippen LogP contribution in [0.4, 0.5) is 5.69 Å². The molecule has 1 aliphatic heterocycles. The van der Waals surface area contributed by atoms with Gasteiger partial charge in [0.15, 0.2) is 0 Å². The van der Waals surface area contributed by atoms with Crippen molar-refractivity contribution >= 4 is 11.6 Å². The number of carbonyl (C=O) groups is 1. The predicted octanol–water partition coefficient (Wildman–Crippen LogP) is 2.00. The van der Waals surface area contributed by atoms with Crippen molar-refractivity contribution in [1.82, 2.24) is 4.90 Å². The van der Waals surface area contributed by atoms with Crippen molar-refractivity contribution in [2.75, 3.05) is 38.3 Å². The summed E-state index contributed by atoms with van der Waals surface area (Å²) in [7, 11) is 1.90. The number of nitrogens with two attached hydrogens (primary N) is 1. The second kappa shape index (κ2) is 7.99. The molecule has 1 heterocycles. The van der Waals surface area contributed by atoms with E-state index in [1.165, 1.54) is 11.3 Å². The highest BCUT2D eigenvalue weighted by Crippen LogP contribution is 2.28. The van der Waals surface area contributed by atoms with Gasteiger partial charge in [0.25, 0.3) is 0 Å². The maximum absolute atomic E-state index is 12.6. The van der Waals surface area contributed by atoms with Crippen molar-refractivity contribution in [2.45, 2.75) is 38.3 Å². The molecule has 1 saturated carbocycles. The van der Waals surface area contributed by atoms with E-state index in [2.05, 4.69) is 23.1 Å². The van der Waals surface area contributed by atoms with Gasteiger partial charge in [-0.25, -0.2) is 0 Å². The molecule has 0 aromatic heterocycles. The van der Waals surface area contributed by atoms with Gasteiger partial charge in [0, 0.05) is 44.8 Å². The van der Waals surface area contributed by atoms with Crippen molar-refractivity contribution in [1.29, 1.82) is 0 Å². The van der Waals surface area contributed by atoms with Gasteiger partial charge in [0.2, 0.25) is 5.91 Å². The first-order valence-electron chi connectivity index (χ1n) is 9.05. The van der Waals surface area contributed by atoms with Crippen LogP contribution in [-0.2, 0) is 16.1 Å². The first-order chi connectivity index (χ1) is 11.6. The van der Waals surface area contributed by atoms with Crippen molar-refractivity contribution in [3.8, 4) is 0 Å². The van der Waals surface area contributed by atoms with Crippen molar-refractivity contribution in [2.24, 2.45) is 11.7 Å². The van der Waals surface area contributed by atoms with E-state index < -0.39 is 0 Å². The van der Waals surface area contributed by atoms with Crippen LogP contribution in [0, 0.1) is 5.92 Å². The Hall–Kier alpha value is -1.59. The predicted molar refractivity (Wildman–Crippen MR) is 95.9 cm³/mol. The topological polar surface area (TPSA) is 58.8 Å². The van der Waals surface area contributed by atoms with E-state index in [0.29, 0.717) is 18.9 Å². The van der Waals surface area contributed by atoms with Gasteiger partial charge in [-0.1, -0.05) is 24.6 Å². The lowest BCUT2D eigenvalue weighted by molar-refractivity contribution is -0.131. The lowest BCUT2D eigenvalue weighted by atomic mass is 9.99. The second-order valence-corrected chi connectivity index (χ2v) is 7.04. The number of amides is 1. The summed E-state index contributed by atoms with van der Waals surface area (Å²) in [5.41, 5.74) is 8.53. The molecule has 0 unspecified atom stereocenters. The third-order valence-corrected chi connectivity index (χ3v) is 5.33. The summed E-state index contributed by atoms with van der Waals surface area (Å²) in [4.78, 5) is 16.8. The van der Waals surface area contributed by atoms with E-state index in [9.17, 15) is 4.79 Å². The van der Waals surface area contributed by atoms with Crippen LogP contribution in [0.15, 0.2) is 24.3 Å². The average molecular weight is 331 g/mol. The number of benzene rings is 1. The number of carbonyl (C=O) groups excluding carboxylic acids is 1. The van der Waals surface area contributed by atoms with Crippen LogP contribution in [0.2, 0.25) is 0 Å². The van der Waals surface area contributed by atoms with Gasteiger partial charge in [-0.15, -0.1) is 0 Å². The summed E-state index contributed by atoms with van der Waals surface area (Å²) in [6.45, 7) is 4.00. The fourth-order valence-electron chi connectivity index (χ4n) is 3.80. The van der Waals surface area contributed by atoms with E-state index in [1.54, 1.807) is 0 Å². The highest BCUT2D eigenvalue weighted by atomic mass is 16.5. The molecule has 1 amide bonds. The fourth-order valence-corrected chi connectivity index (χ4v) is 3.80. The van der Waals surface area contributed by atoms with Crippen molar-refractivity contribution < 1.29 is 9.53 Å². The molecule has 5 nitrogen and oxygen atoms in total. The van der Waals surface area contributed by atoms with Gasteiger partial charge in [-0.2, -0.15) is 0 Å². The Morgan fingerprint density at radius 1 is 1.29 bits per heavy atom. The number of nitrogens with zero attached hydrogens (tertiary/aromatic N) is 2. The smallest absolute Gasteiger partial charge is 0.222 e. The van der Waals surface area contributed by atoms with E-state index in [4.69, 9.17) is 10.5 Å². The van der Waals surface area contributed by atoms with Gasteiger partial charge in [0.05, 0.1) is 13.2 Å². The van der Waals surface area contributed by atoms with Crippen LogP contribution in [0.1, 0.15) is 31.2 Å². The molecule has 0 bridgehead atoms. The number of hydrogen-bond acceptors (Lipinski definition) is 4. The molecule has 1 saturated heterocycles. The molecule has 1 aromatic carbocycles. The Bertz CT molecular complexity index is 557. The first-order valence-corrected chi connectivity index (χ1v) is 9.05. The zero-order valence-corrected chi connectivity index (χ0v) is 14.6. The van der Waals surface area contributed by atoms with Crippen LogP contribution in [0.5, 0.6) is 0 Å². The van der Waals surface area contributed by atoms with E-state index in [-0.39, 0.29) is 11.9 Å². The van der Waals surface area contributed by atoms with Gasteiger partial charge >= 0.3 is 0 Å². The minimum absolute atomic E-state index is 0.197. The van der Waals surface area contributed by atoms with Crippen LogP contribution >= 0.6 is 0 Å². The van der Waals surface area contributed by atoms with E-state index in [0.717, 1.165) is 45.6 Å². The molecule has 2 fully saturated rings. The second-order valence-electron chi connectivity index (χ2n) is 7.04. The molecule has 2 aliphatic rings. The summed E-state index contributed by atoms with van der Waals surface area (Å²) in [6, 6.07) is 8.57. The molecule has 1 aliphatic carbocycles. The minimum atomic E-state index is 0.197. The van der Waals surface area contributed by atoms with Crippen LogP contribution in [0.25, 0.3) is 0 Å². The number of hydrogen-bond donors (Lipinski definition) is 1. The highest BCUT2D eigenvalue weighted by molar-refractivity contribution is 5.76. The molecule has 2 atom stereocenters. The molecular weight excluding hydrogens is 302 g/mol. The molecular formula is C19H29N3O2. The largest absolute Gasteiger partial charge is 0.378 e. The minimum Gasteiger partial charge on any atom is -0.378 e. The van der Waals surface area contributed by atoms with Crippen LogP contribution < -0.4 is 10.6 Å². The van der Waals surface area contributed by atoms with Crippen LogP contribution in [0.3, 0.4) is 0 Å². The molecule has 0 spiro atoms. The summed E-state index contributed by atoms with van der Waals surface area (Å²) >= 11 is 0. The maximum Gasteiger partial charge on any atom is 0.222 e. The molecule has 0 radical (unpaired) electrons. The normalized spacial score (nSPS) is 24.2. The van der Waals surface area contributed by atoms with E-state index >= 15 is 0 Å². The Balaban J connectivity index is 1.63. The molecule has 5 heteroatoms. The standard InChI is InChI=1S/C19H29N3O2/c1-21(19(23)13-15-6-4-7-17(15)20)14-16-5-2-3-8-18(16)22-9-11-24-12-10-22/h2-3,5,8,15,17H,4,6-7,9-14,20H2,1H3/t15-,17+/m0/s1. The van der Waals surface area contributed by atoms with Gasteiger partial charge < -0.3 is 20.3 Å². The zero-order chi connectivity index (χ0) is 16.9. The highest BCUT2D eigenvalue weighted by Gasteiger charge is 2.27. The Morgan fingerprint density at radius 2 is 2.04 bits per heavy atom. The van der Waals surface area contributed by atoms with Crippen molar-refractivity contribution in [3.63, 3.8) is 0 Å². The molecule has 2 N–H and O–H groups in total. The monoisotopic (exact) mass is 331 g/mol. The Morgan fingerprint density at radius 3 is 2.75 bits per heavy atom. The SMILES string of the molecule is CN(Cc1ccccc1N1CCOCC1)C(=O)C[C@@H]1CCC[C@H]1N. The number of ether oxygens (including phenoxy) is 1. The quantitative estimate of drug-likeness (QED) is 0.896. The first kappa shape index (κ1) is 17.2. The van der Waals surface area contributed by atoms with Crippen molar-refractivity contribution in [3.05, 3.63) is 29.8 Å². The Labute approximate surface area is 144 Å². The number of rotatable bonds is 5. The fraction of sp³-hybridized carbons (Fsp3) is 0.632. The molecule has 1 aromatic rings. The van der Waals surface area contributed by atoms with Gasteiger partial charge in [-0.3, -0.25) is 4.79 Å². The number of anilines is 1. The lowest BCUT2D eigenvalue weighted by Gasteiger charge is -2.31. The number of para-hydroxylation sites is 1. The van der Waals surface area contributed by atoms with Gasteiger partial charge in [-0.05, 0) is 30.4 Å². The van der Waals surface area contributed by atoms with Crippen LogP contribution in [-0.4, -0.2) is 50.2 Å². The summed E-state index contributed by atoms with van der Waals surface area (Å²) in [6.07, 6.45) is 3.88. The summed E-state index contributed by atoms with van der Waals surface area (Å²) in [5.74, 6) is 0.559. The third kappa shape index (κ3) is 4.08. The Kier molecular flexibility index (Phi) is 5.74. The lowest BCUT2D eigenvalue weighted by Crippen LogP contribution is -2.37. The summed E-state index contributed by atoms with van der Waals surface area (Å²) in [5, 5.41) is 0. The van der Waals surface area contributed by atoms with Gasteiger partial charge in [0.1, 0.15) is 0 Å². The molecule has 3 rings (SSSR count). The van der Waals surface area contributed by atoms with E-state index in [1.807, 2.05) is 18.0 Å². The third-order valence-electron chi connectivity index (χ3n) is 5.33. The molecule has 132 valence electrons.